The fourth-order valence-electron chi connectivity index (χ4n) is 4.56. The molecule has 2 fully saturated rings. The molecule has 0 radical (unpaired) electrons. The quantitative estimate of drug-likeness (QED) is 0.606. The van der Waals surface area contributed by atoms with Crippen LogP contribution in [0.3, 0.4) is 0 Å². The van der Waals surface area contributed by atoms with E-state index in [9.17, 15) is 14.4 Å². The van der Waals surface area contributed by atoms with E-state index in [1.54, 1.807) is 12.1 Å². The summed E-state index contributed by atoms with van der Waals surface area (Å²) in [6, 6.07) is 13.0. The van der Waals surface area contributed by atoms with Gasteiger partial charge in [-0.3, -0.25) is 24.6 Å². The molecule has 2 aromatic rings. The molecule has 3 amide bonds. The summed E-state index contributed by atoms with van der Waals surface area (Å²) in [5.74, 6) is -0.458. The summed E-state index contributed by atoms with van der Waals surface area (Å²) >= 11 is 0. The Balaban J connectivity index is 1.24. The van der Waals surface area contributed by atoms with Crippen LogP contribution in [0.25, 0.3) is 0 Å². The van der Waals surface area contributed by atoms with Crippen molar-refractivity contribution in [2.75, 3.05) is 39.4 Å². The van der Waals surface area contributed by atoms with Gasteiger partial charge in [-0.15, -0.1) is 0 Å². The highest BCUT2D eigenvalue weighted by Crippen LogP contribution is 2.32. The van der Waals surface area contributed by atoms with Crippen molar-refractivity contribution in [3.63, 3.8) is 0 Å². The van der Waals surface area contributed by atoms with Crippen LogP contribution in [0.4, 0.5) is 0 Å². The molecular weight excluding hydrogens is 436 g/mol. The lowest BCUT2D eigenvalue weighted by Gasteiger charge is -2.26. The summed E-state index contributed by atoms with van der Waals surface area (Å²) in [4.78, 5) is 41.0. The molecule has 0 unspecified atom stereocenters. The van der Waals surface area contributed by atoms with Crippen LogP contribution in [0.15, 0.2) is 42.5 Å². The second-order valence-corrected chi connectivity index (χ2v) is 8.77. The van der Waals surface area contributed by atoms with Crippen LogP contribution in [0.2, 0.25) is 0 Å². The fourth-order valence-corrected chi connectivity index (χ4v) is 4.56. The van der Waals surface area contributed by atoms with Crippen LogP contribution < -0.4 is 15.4 Å². The average molecular weight is 465 g/mol. The minimum Gasteiger partial charge on any atom is -0.489 e. The summed E-state index contributed by atoms with van der Waals surface area (Å²) < 4.78 is 11.5. The van der Waals surface area contributed by atoms with Gasteiger partial charge >= 0.3 is 0 Å². The Morgan fingerprint density at radius 3 is 2.56 bits per heavy atom. The standard InChI is InChI=1S/C25H28N4O5/c30-23-13-26-12-21(24(31)27-23)29-15-20-19(25(29)32)2-1-3-22(20)34-16-18-6-4-17(5-7-18)14-28-8-10-33-11-9-28/h1-7,21,26H,8-16H2,(H,27,30,31)/t21-/m0/s1. The Labute approximate surface area is 198 Å². The first kappa shape index (κ1) is 22.5. The largest absolute Gasteiger partial charge is 0.489 e. The summed E-state index contributed by atoms with van der Waals surface area (Å²) in [6.07, 6.45) is 0. The van der Waals surface area contributed by atoms with E-state index in [4.69, 9.17) is 9.47 Å². The number of nitrogens with one attached hydrogen (secondary N) is 2. The van der Waals surface area contributed by atoms with E-state index in [1.807, 2.05) is 6.07 Å². The van der Waals surface area contributed by atoms with Gasteiger partial charge in [0.15, 0.2) is 0 Å². The van der Waals surface area contributed by atoms with Crippen molar-refractivity contribution in [3.05, 3.63) is 64.7 Å². The molecule has 2 saturated heterocycles. The number of hydrogen-bond donors (Lipinski definition) is 2. The lowest BCUT2D eigenvalue weighted by molar-refractivity contribution is -0.131. The van der Waals surface area contributed by atoms with Gasteiger partial charge in [0.05, 0.1) is 26.3 Å². The highest BCUT2D eigenvalue weighted by atomic mass is 16.5. The molecule has 178 valence electrons. The first-order valence-corrected chi connectivity index (χ1v) is 11.6. The lowest BCUT2D eigenvalue weighted by atomic mass is 10.1. The molecule has 0 saturated carbocycles. The number of rotatable bonds is 6. The topological polar surface area (TPSA) is 100 Å². The molecule has 9 heteroatoms. The molecule has 2 N–H and O–H groups in total. The molecule has 0 aromatic heterocycles. The SMILES string of the molecule is O=C1CNC[C@H](N2Cc3c(OCc4ccc(CN5CCOCC5)cc4)cccc3C2=O)C(=O)N1. The molecule has 0 bridgehead atoms. The summed E-state index contributed by atoms with van der Waals surface area (Å²) in [5.41, 5.74) is 3.58. The molecule has 1 atom stereocenters. The molecule has 3 aliphatic rings. The average Bonchev–Trinajstić information content (AvgIpc) is 3.08. The number of hydrogen-bond acceptors (Lipinski definition) is 7. The predicted molar refractivity (Wildman–Crippen MR) is 123 cm³/mol. The second kappa shape index (κ2) is 9.92. The predicted octanol–water partition coefficient (Wildman–Crippen LogP) is 0.668. The van der Waals surface area contributed by atoms with Gasteiger partial charge in [-0.2, -0.15) is 0 Å². The van der Waals surface area contributed by atoms with E-state index in [-0.39, 0.29) is 25.5 Å². The number of imide groups is 1. The number of carbonyl (C=O) groups excluding carboxylic acids is 3. The normalized spacial score (nSPS) is 21.2. The van der Waals surface area contributed by atoms with E-state index < -0.39 is 17.9 Å². The van der Waals surface area contributed by atoms with Gasteiger partial charge in [-0.25, -0.2) is 0 Å². The zero-order valence-electron chi connectivity index (χ0n) is 18.9. The number of nitrogens with zero attached hydrogens (tertiary/aromatic N) is 2. The Morgan fingerprint density at radius 2 is 1.76 bits per heavy atom. The second-order valence-electron chi connectivity index (χ2n) is 8.77. The molecule has 0 aliphatic carbocycles. The summed E-state index contributed by atoms with van der Waals surface area (Å²) in [7, 11) is 0. The minimum atomic E-state index is -0.752. The number of benzene rings is 2. The van der Waals surface area contributed by atoms with Crippen molar-refractivity contribution >= 4 is 17.7 Å². The van der Waals surface area contributed by atoms with Gasteiger partial charge in [0.2, 0.25) is 5.91 Å². The van der Waals surface area contributed by atoms with Gasteiger partial charge in [-0.1, -0.05) is 30.3 Å². The Bertz CT molecular complexity index is 1080. The monoisotopic (exact) mass is 464 g/mol. The van der Waals surface area contributed by atoms with Crippen molar-refractivity contribution in [2.45, 2.75) is 25.7 Å². The van der Waals surface area contributed by atoms with Gasteiger partial charge in [0.1, 0.15) is 18.4 Å². The minimum absolute atomic E-state index is 0.0524. The van der Waals surface area contributed by atoms with Crippen LogP contribution in [-0.2, 0) is 34.0 Å². The summed E-state index contributed by atoms with van der Waals surface area (Å²) in [6.45, 7) is 5.30. The molecule has 3 heterocycles. The zero-order chi connectivity index (χ0) is 23.5. The van der Waals surface area contributed by atoms with E-state index >= 15 is 0 Å². The molecule has 0 spiro atoms. The highest BCUT2D eigenvalue weighted by Gasteiger charge is 2.39. The van der Waals surface area contributed by atoms with Crippen molar-refractivity contribution in [3.8, 4) is 5.75 Å². The number of amides is 3. The molecule has 9 nitrogen and oxygen atoms in total. The molecule has 34 heavy (non-hydrogen) atoms. The van der Waals surface area contributed by atoms with Gasteiger partial charge in [-0.05, 0) is 23.3 Å². The van der Waals surface area contributed by atoms with Crippen molar-refractivity contribution in [2.24, 2.45) is 0 Å². The third kappa shape index (κ3) is 4.82. The van der Waals surface area contributed by atoms with Crippen molar-refractivity contribution in [1.29, 1.82) is 0 Å². The number of morpholine rings is 1. The molecular formula is C25H28N4O5. The van der Waals surface area contributed by atoms with Crippen LogP contribution in [-0.4, -0.2) is 73.0 Å². The lowest BCUT2D eigenvalue weighted by Crippen LogP contribution is -2.49. The number of ether oxygens (including phenoxy) is 2. The Kier molecular flexibility index (Phi) is 6.57. The third-order valence-corrected chi connectivity index (χ3v) is 6.44. The third-order valence-electron chi connectivity index (χ3n) is 6.44. The smallest absolute Gasteiger partial charge is 0.255 e. The summed E-state index contributed by atoms with van der Waals surface area (Å²) in [5, 5.41) is 5.26. The van der Waals surface area contributed by atoms with E-state index in [2.05, 4.69) is 39.8 Å². The van der Waals surface area contributed by atoms with Gasteiger partial charge in [0, 0.05) is 37.3 Å². The maximum atomic E-state index is 13.0. The maximum Gasteiger partial charge on any atom is 0.255 e. The van der Waals surface area contributed by atoms with Crippen LogP contribution in [0.1, 0.15) is 27.0 Å². The van der Waals surface area contributed by atoms with Crippen LogP contribution in [0.5, 0.6) is 5.75 Å². The van der Waals surface area contributed by atoms with Gasteiger partial charge in [0.25, 0.3) is 11.8 Å². The van der Waals surface area contributed by atoms with Crippen molar-refractivity contribution < 1.29 is 23.9 Å². The first-order valence-electron chi connectivity index (χ1n) is 11.6. The van der Waals surface area contributed by atoms with E-state index in [1.165, 1.54) is 10.5 Å². The van der Waals surface area contributed by atoms with Gasteiger partial charge < -0.3 is 19.7 Å². The van der Waals surface area contributed by atoms with Crippen LogP contribution >= 0.6 is 0 Å². The molecule has 2 aromatic carbocycles. The number of carbonyl (C=O) groups is 3. The molecule has 3 aliphatic heterocycles. The highest BCUT2D eigenvalue weighted by molar-refractivity contribution is 6.05. The van der Waals surface area contributed by atoms with Crippen molar-refractivity contribution in [1.82, 2.24) is 20.4 Å². The first-order chi connectivity index (χ1) is 16.6. The molecule has 5 rings (SSSR count). The fraction of sp³-hybridized carbons (Fsp3) is 0.400. The van der Waals surface area contributed by atoms with Crippen LogP contribution in [0, 0.1) is 0 Å². The van der Waals surface area contributed by atoms with E-state index in [0.717, 1.165) is 44.0 Å². The number of fused-ring (bicyclic) bond motifs is 1. The Morgan fingerprint density at radius 1 is 1.00 bits per heavy atom. The maximum absolute atomic E-state index is 13.0. The van der Waals surface area contributed by atoms with E-state index in [0.29, 0.717) is 17.9 Å². The Hall–Kier alpha value is -3.27. The zero-order valence-corrected chi connectivity index (χ0v) is 18.9.